The molecular weight excluding hydrogens is 220 g/mol. The number of carbonyl (C=O) groups is 1. The number of ether oxygens (including phenoxy) is 1. The van der Waals surface area contributed by atoms with Gasteiger partial charge in [-0.1, -0.05) is 0 Å². The topological polar surface area (TPSA) is 62.7 Å². The van der Waals surface area contributed by atoms with Crippen molar-refractivity contribution in [3.8, 4) is 0 Å². The van der Waals surface area contributed by atoms with E-state index in [1.54, 1.807) is 12.3 Å². The largest absolute Gasteiger partial charge is 0.464 e. The van der Waals surface area contributed by atoms with Gasteiger partial charge in [-0.25, -0.2) is 9.78 Å². The summed E-state index contributed by atoms with van der Waals surface area (Å²) in [6.07, 6.45) is 2.92. The van der Waals surface area contributed by atoms with E-state index in [-0.39, 0.29) is 6.10 Å². The minimum atomic E-state index is -0.427. The highest BCUT2D eigenvalue weighted by atomic mass is 16.5. The van der Waals surface area contributed by atoms with Crippen LogP contribution in [0.25, 0.3) is 0 Å². The van der Waals surface area contributed by atoms with E-state index in [4.69, 9.17) is 0 Å². The molecule has 1 aromatic heterocycles. The van der Waals surface area contributed by atoms with Crippen molar-refractivity contribution in [2.45, 2.75) is 18.9 Å². The lowest BCUT2D eigenvalue weighted by Gasteiger charge is -2.31. The molecule has 1 fully saturated rings. The number of aliphatic hydroxyl groups excluding tert-OH is 1. The zero-order valence-electron chi connectivity index (χ0n) is 9.80. The Morgan fingerprint density at radius 1 is 1.53 bits per heavy atom. The first kappa shape index (κ1) is 11.9. The molecule has 0 atom stereocenters. The fraction of sp³-hybridized carbons (Fsp3) is 0.500. The number of anilines is 1. The second-order valence-electron chi connectivity index (χ2n) is 4.11. The molecule has 1 aromatic rings. The van der Waals surface area contributed by atoms with Gasteiger partial charge in [0.15, 0.2) is 0 Å². The van der Waals surface area contributed by atoms with Crippen LogP contribution in [0.5, 0.6) is 0 Å². The molecule has 0 unspecified atom stereocenters. The lowest BCUT2D eigenvalue weighted by molar-refractivity contribution is 0.0594. The van der Waals surface area contributed by atoms with Gasteiger partial charge in [-0.15, -0.1) is 0 Å². The average Bonchev–Trinajstić information content (AvgIpc) is 2.39. The van der Waals surface area contributed by atoms with Crippen LogP contribution in [-0.4, -0.2) is 42.4 Å². The second-order valence-corrected chi connectivity index (χ2v) is 4.11. The van der Waals surface area contributed by atoms with Gasteiger partial charge in [0.1, 0.15) is 5.69 Å². The summed E-state index contributed by atoms with van der Waals surface area (Å²) in [4.78, 5) is 17.5. The highest BCUT2D eigenvalue weighted by Crippen LogP contribution is 2.20. The van der Waals surface area contributed by atoms with Crippen LogP contribution in [-0.2, 0) is 4.74 Å². The molecule has 2 heterocycles. The Bertz CT molecular complexity index is 400. The first-order valence-corrected chi connectivity index (χ1v) is 5.68. The molecule has 1 aliphatic heterocycles. The van der Waals surface area contributed by atoms with Gasteiger partial charge >= 0.3 is 5.97 Å². The Labute approximate surface area is 100 Å². The summed E-state index contributed by atoms with van der Waals surface area (Å²) < 4.78 is 4.64. The van der Waals surface area contributed by atoms with E-state index in [9.17, 15) is 9.90 Å². The van der Waals surface area contributed by atoms with E-state index in [2.05, 4.69) is 14.6 Å². The minimum absolute atomic E-state index is 0.201. The summed E-state index contributed by atoms with van der Waals surface area (Å²) in [6, 6.07) is 3.59. The summed E-state index contributed by atoms with van der Waals surface area (Å²) in [7, 11) is 1.34. The first-order valence-electron chi connectivity index (χ1n) is 5.68. The van der Waals surface area contributed by atoms with Crippen molar-refractivity contribution in [2.75, 3.05) is 25.1 Å². The standard InChI is InChI=1S/C12H16N2O3/c1-17-12(16)11-8-9(2-5-13-11)14-6-3-10(15)4-7-14/h2,5,8,10,15H,3-4,6-7H2,1H3. The molecule has 17 heavy (non-hydrogen) atoms. The molecule has 1 saturated heterocycles. The molecule has 5 nitrogen and oxygen atoms in total. The highest BCUT2D eigenvalue weighted by Gasteiger charge is 2.18. The number of aromatic nitrogens is 1. The lowest BCUT2D eigenvalue weighted by Crippen LogP contribution is -2.35. The van der Waals surface area contributed by atoms with Crippen LogP contribution >= 0.6 is 0 Å². The van der Waals surface area contributed by atoms with Gasteiger partial charge in [-0.3, -0.25) is 0 Å². The molecule has 0 aliphatic carbocycles. The Morgan fingerprint density at radius 3 is 2.88 bits per heavy atom. The van der Waals surface area contributed by atoms with Crippen molar-refractivity contribution in [1.82, 2.24) is 4.98 Å². The van der Waals surface area contributed by atoms with E-state index in [0.717, 1.165) is 31.6 Å². The Balaban J connectivity index is 2.13. The first-order chi connectivity index (χ1) is 8.20. The van der Waals surface area contributed by atoms with Crippen LogP contribution in [0.3, 0.4) is 0 Å². The summed E-state index contributed by atoms with van der Waals surface area (Å²) >= 11 is 0. The van der Waals surface area contributed by atoms with Crippen molar-refractivity contribution < 1.29 is 14.6 Å². The van der Waals surface area contributed by atoms with Crippen LogP contribution < -0.4 is 4.90 Å². The quantitative estimate of drug-likeness (QED) is 0.771. The predicted octanol–water partition coefficient (Wildman–Crippen LogP) is 0.829. The zero-order valence-corrected chi connectivity index (χ0v) is 9.80. The van der Waals surface area contributed by atoms with Crippen molar-refractivity contribution >= 4 is 11.7 Å². The number of rotatable bonds is 2. The number of hydrogen-bond acceptors (Lipinski definition) is 5. The maximum atomic E-state index is 11.4. The van der Waals surface area contributed by atoms with Crippen molar-refractivity contribution in [2.24, 2.45) is 0 Å². The monoisotopic (exact) mass is 236 g/mol. The predicted molar refractivity (Wildman–Crippen MR) is 63.0 cm³/mol. The zero-order chi connectivity index (χ0) is 12.3. The van der Waals surface area contributed by atoms with Gasteiger partial charge in [0, 0.05) is 25.0 Å². The molecule has 5 heteroatoms. The summed E-state index contributed by atoms with van der Waals surface area (Å²) in [5.41, 5.74) is 1.27. The highest BCUT2D eigenvalue weighted by molar-refractivity contribution is 5.88. The third kappa shape index (κ3) is 2.74. The number of nitrogens with zero attached hydrogens (tertiary/aromatic N) is 2. The number of hydrogen-bond donors (Lipinski definition) is 1. The molecular formula is C12H16N2O3. The number of carbonyl (C=O) groups excluding carboxylic acids is 1. The van der Waals surface area contributed by atoms with E-state index < -0.39 is 5.97 Å². The lowest BCUT2D eigenvalue weighted by atomic mass is 10.1. The molecule has 92 valence electrons. The normalized spacial score (nSPS) is 16.9. The van der Waals surface area contributed by atoms with E-state index in [0.29, 0.717) is 5.69 Å². The van der Waals surface area contributed by atoms with Crippen LogP contribution in [0.15, 0.2) is 18.3 Å². The minimum Gasteiger partial charge on any atom is -0.464 e. The molecule has 1 N–H and O–H groups in total. The molecule has 0 amide bonds. The third-order valence-electron chi connectivity index (χ3n) is 2.97. The van der Waals surface area contributed by atoms with Crippen LogP contribution in [0, 0.1) is 0 Å². The van der Waals surface area contributed by atoms with Crippen molar-refractivity contribution in [3.63, 3.8) is 0 Å². The summed E-state index contributed by atoms with van der Waals surface area (Å²) in [5, 5.41) is 9.44. The Morgan fingerprint density at radius 2 is 2.24 bits per heavy atom. The smallest absolute Gasteiger partial charge is 0.356 e. The van der Waals surface area contributed by atoms with Crippen LogP contribution in [0.2, 0.25) is 0 Å². The number of pyridine rings is 1. The van der Waals surface area contributed by atoms with E-state index in [1.807, 2.05) is 6.07 Å². The van der Waals surface area contributed by atoms with Crippen molar-refractivity contribution in [1.29, 1.82) is 0 Å². The molecule has 0 radical (unpaired) electrons. The van der Waals surface area contributed by atoms with Gasteiger partial charge in [-0.05, 0) is 25.0 Å². The summed E-state index contributed by atoms with van der Waals surface area (Å²) in [6.45, 7) is 1.59. The number of aliphatic hydroxyl groups is 1. The molecule has 0 saturated carbocycles. The third-order valence-corrected chi connectivity index (χ3v) is 2.97. The van der Waals surface area contributed by atoms with Crippen LogP contribution in [0.4, 0.5) is 5.69 Å². The Kier molecular flexibility index (Phi) is 3.58. The maximum absolute atomic E-state index is 11.4. The molecule has 2 rings (SSSR count). The van der Waals surface area contributed by atoms with E-state index >= 15 is 0 Å². The number of methoxy groups -OCH3 is 1. The molecule has 0 spiro atoms. The number of piperidine rings is 1. The molecule has 1 aliphatic rings. The van der Waals surface area contributed by atoms with Gasteiger partial charge in [0.2, 0.25) is 0 Å². The summed E-state index contributed by atoms with van der Waals surface area (Å²) in [5.74, 6) is -0.427. The SMILES string of the molecule is COC(=O)c1cc(N2CCC(O)CC2)ccn1. The average molecular weight is 236 g/mol. The van der Waals surface area contributed by atoms with Gasteiger partial charge in [0.25, 0.3) is 0 Å². The van der Waals surface area contributed by atoms with Gasteiger partial charge < -0.3 is 14.7 Å². The van der Waals surface area contributed by atoms with Gasteiger partial charge in [0.05, 0.1) is 13.2 Å². The van der Waals surface area contributed by atoms with Gasteiger partial charge in [-0.2, -0.15) is 0 Å². The molecule has 0 bridgehead atoms. The fourth-order valence-corrected chi connectivity index (χ4v) is 1.96. The maximum Gasteiger partial charge on any atom is 0.356 e. The Hall–Kier alpha value is -1.62. The van der Waals surface area contributed by atoms with Crippen LogP contribution in [0.1, 0.15) is 23.3 Å². The fourth-order valence-electron chi connectivity index (χ4n) is 1.96. The molecule has 0 aromatic carbocycles. The van der Waals surface area contributed by atoms with E-state index in [1.165, 1.54) is 7.11 Å². The van der Waals surface area contributed by atoms with Crippen molar-refractivity contribution in [3.05, 3.63) is 24.0 Å². The second kappa shape index (κ2) is 5.14. The number of esters is 1.